The van der Waals surface area contributed by atoms with Crippen LogP contribution in [0.2, 0.25) is 6.04 Å². The standard InChI is InChI=1S/C2H7Si.K.H/c1-2-3;;/h2-3H2,1H3;;/q;+1;-1. The zero-order valence-electron chi connectivity index (χ0n) is 4.41. The van der Waals surface area contributed by atoms with E-state index in [1.807, 2.05) is 10.2 Å². The van der Waals surface area contributed by atoms with Crippen LogP contribution in [-0.4, -0.2) is 10.2 Å². The Morgan fingerprint density at radius 1 is 2.00 bits per heavy atom. The van der Waals surface area contributed by atoms with E-state index >= 15 is 0 Å². The Labute approximate surface area is 74.7 Å². The first-order chi connectivity index (χ1) is 1.41. The first kappa shape index (κ1) is 9.29. The van der Waals surface area contributed by atoms with Crippen LogP contribution >= 0.6 is 0 Å². The molecule has 4 heavy (non-hydrogen) atoms. The maximum absolute atomic E-state index is 2.14. The first-order valence-electron chi connectivity index (χ1n) is 1.21. The van der Waals surface area contributed by atoms with Gasteiger partial charge in [-0.3, -0.25) is 0 Å². The Hall–Kier alpha value is 1.85. The van der Waals surface area contributed by atoms with Gasteiger partial charge in [0.2, 0.25) is 0 Å². The van der Waals surface area contributed by atoms with Crippen LogP contribution in [0.5, 0.6) is 0 Å². The van der Waals surface area contributed by atoms with Gasteiger partial charge in [0, 0.05) is 10.2 Å². The number of rotatable bonds is 0. The van der Waals surface area contributed by atoms with Crippen molar-refractivity contribution < 1.29 is 52.8 Å². The molecule has 0 rings (SSSR count). The second kappa shape index (κ2) is 8.85. The van der Waals surface area contributed by atoms with Crippen molar-refractivity contribution in [1.29, 1.82) is 0 Å². The average molecular weight is 99.3 g/mol. The topological polar surface area (TPSA) is 0 Å². The van der Waals surface area contributed by atoms with E-state index in [4.69, 9.17) is 0 Å². The maximum atomic E-state index is 2.14. The van der Waals surface area contributed by atoms with Crippen LogP contribution in [0.3, 0.4) is 0 Å². The van der Waals surface area contributed by atoms with E-state index in [0.717, 1.165) is 0 Å². The quantitative estimate of drug-likeness (QED) is 0.287. The maximum Gasteiger partial charge on any atom is 1.00 e. The van der Waals surface area contributed by atoms with Crippen molar-refractivity contribution in [1.82, 2.24) is 0 Å². The monoisotopic (exact) mass is 99.0 g/mol. The Bertz CT molecular complexity index is 9.61. The number of hydrogen-bond donors (Lipinski definition) is 0. The molecule has 0 aliphatic rings. The van der Waals surface area contributed by atoms with Gasteiger partial charge in [-0.05, 0) is 0 Å². The zero-order chi connectivity index (χ0) is 2.71. The summed E-state index contributed by atoms with van der Waals surface area (Å²) >= 11 is 0. The third-order valence-electron chi connectivity index (χ3n) is 0. The van der Waals surface area contributed by atoms with Crippen molar-refractivity contribution in [3.8, 4) is 0 Å². The van der Waals surface area contributed by atoms with Crippen LogP contribution < -0.4 is 51.4 Å². The van der Waals surface area contributed by atoms with Crippen LogP contribution in [0.15, 0.2) is 0 Å². The first-order valence-corrected chi connectivity index (χ1v) is 2.21. The van der Waals surface area contributed by atoms with E-state index in [1.54, 1.807) is 0 Å². The molecule has 0 atom stereocenters. The van der Waals surface area contributed by atoms with Crippen LogP contribution in [0.4, 0.5) is 0 Å². The van der Waals surface area contributed by atoms with Crippen LogP contribution in [-0.2, 0) is 0 Å². The molecule has 2 heteroatoms. The average Bonchev–Trinajstić information content (AvgIpc) is 0.918. The predicted molar refractivity (Wildman–Crippen MR) is 20.1 cm³/mol. The van der Waals surface area contributed by atoms with E-state index < -0.39 is 0 Å². The molecule has 0 saturated carbocycles. The molecule has 0 aliphatic heterocycles. The summed E-state index contributed by atoms with van der Waals surface area (Å²) in [5.74, 6) is 0. The second-order valence-electron chi connectivity index (χ2n) is 0.500. The predicted octanol–water partition coefficient (Wildman–Crippen LogP) is -2.83. The molecule has 0 heterocycles. The van der Waals surface area contributed by atoms with Gasteiger partial charge in [-0.15, -0.1) is 0 Å². The fourth-order valence-electron chi connectivity index (χ4n) is 0. The molecule has 0 amide bonds. The molecule has 0 bridgehead atoms. The van der Waals surface area contributed by atoms with Gasteiger partial charge in [0.25, 0.3) is 0 Å². The minimum atomic E-state index is 0. The normalized spacial score (nSPS) is 4.50. The molecule has 1 radical (unpaired) electrons. The van der Waals surface area contributed by atoms with E-state index in [2.05, 4.69) is 6.92 Å². The zero-order valence-corrected chi connectivity index (χ0v) is 7.95. The summed E-state index contributed by atoms with van der Waals surface area (Å²) in [6.07, 6.45) is 0. The van der Waals surface area contributed by atoms with Gasteiger partial charge in [-0.1, -0.05) is 13.0 Å². The third kappa shape index (κ3) is 9.13. The minimum absolute atomic E-state index is 0. The smallest absolute Gasteiger partial charge is 1.00 e. The van der Waals surface area contributed by atoms with Gasteiger partial charge in [-0.2, -0.15) is 0 Å². The summed E-state index contributed by atoms with van der Waals surface area (Å²) in [5, 5.41) is 0. The molecule has 0 aromatic carbocycles. The molecule has 0 nitrogen and oxygen atoms in total. The fourth-order valence-corrected chi connectivity index (χ4v) is 0. The van der Waals surface area contributed by atoms with Gasteiger partial charge in [-0.25, -0.2) is 0 Å². The Morgan fingerprint density at radius 3 is 2.00 bits per heavy atom. The van der Waals surface area contributed by atoms with Gasteiger partial charge in [0.1, 0.15) is 0 Å². The molecular weight excluding hydrogens is 91.2 g/mol. The Morgan fingerprint density at radius 2 is 2.00 bits per heavy atom. The SMILES string of the molecule is CC[SiH2].[H-].[K+]. The molecular formula is C2H8KSi. The van der Waals surface area contributed by atoms with Crippen molar-refractivity contribution in [2.45, 2.75) is 13.0 Å². The van der Waals surface area contributed by atoms with Crippen LogP contribution in [0, 0.1) is 0 Å². The minimum Gasteiger partial charge on any atom is -1.00 e. The van der Waals surface area contributed by atoms with Gasteiger partial charge in [0.15, 0.2) is 0 Å². The van der Waals surface area contributed by atoms with Gasteiger partial charge >= 0.3 is 51.4 Å². The molecule has 0 N–H and O–H groups in total. The summed E-state index contributed by atoms with van der Waals surface area (Å²) in [6.45, 7) is 2.14. The molecule has 0 fully saturated rings. The largest absolute Gasteiger partial charge is 1.00 e. The van der Waals surface area contributed by atoms with Crippen molar-refractivity contribution in [3.63, 3.8) is 0 Å². The van der Waals surface area contributed by atoms with Crippen LogP contribution in [0.1, 0.15) is 8.35 Å². The Balaban J connectivity index is -0.0000000200. The van der Waals surface area contributed by atoms with E-state index in [9.17, 15) is 0 Å². The summed E-state index contributed by atoms with van der Waals surface area (Å²) in [6, 6.07) is 1.28. The molecule has 0 aliphatic carbocycles. The van der Waals surface area contributed by atoms with Crippen LogP contribution in [0.25, 0.3) is 0 Å². The Kier molecular flexibility index (Phi) is 20.5. The summed E-state index contributed by atoms with van der Waals surface area (Å²) in [4.78, 5) is 0. The van der Waals surface area contributed by atoms with Crippen molar-refractivity contribution in [3.05, 3.63) is 0 Å². The van der Waals surface area contributed by atoms with Gasteiger partial charge < -0.3 is 1.43 Å². The van der Waals surface area contributed by atoms with E-state index in [-0.39, 0.29) is 52.8 Å². The molecule has 0 aromatic heterocycles. The number of hydrogen-bond acceptors (Lipinski definition) is 0. The van der Waals surface area contributed by atoms with Gasteiger partial charge in [0.05, 0.1) is 0 Å². The van der Waals surface area contributed by atoms with E-state index in [1.165, 1.54) is 6.04 Å². The molecule has 0 saturated heterocycles. The third-order valence-corrected chi connectivity index (χ3v) is 0. The second-order valence-corrected chi connectivity index (χ2v) is 1.50. The molecule has 0 aromatic rings. The summed E-state index contributed by atoms with van der Waals surface area (Å²) in [5.41, 5.74) is 0. The fraction of sp³-hybridized carbons (Fsp3) is 1.00. The van der Waals surface area contributed by atoms with E-state index in [0.29, 0.717) is 0 Å². The molecule has 0 spiro atoms. The van der Waals surface area contributed by atoms with Crippen molar-refractivity contribution >= 4 is 10.2 Å². The van der Waals surface area contributed by atoms with Crippen molar-refractivity contribution in [2.75, 3.05) is 0 Å². The molecule has 21 valence electrons. The summed E-state index contributed by atoms with van der Waals surface area (Å²) < 4.78 is 0. The molecule has 0 unspecified atom stereocenters. The summed E-state index contributed by atoms with van der Waals surface area (Å²) in [7, 11) is 1.97. The van der Waals surface area contributed by atoms with Crippen molar-refractivity contribution in [2.24, 2.45) is 0 Å².